The lowest BCUT2D eigenvalue weighted by molar-refractivity contribution is 0.723. The van der Waals surface area contributed by atoms with Crippen LogP contribution in [0.15, 0.2) is 17.1 Å². The molecular weight excluding hydrogens is 214 g/mol. The molecule has 2 rings (SSSR count). The number of imidazole rings is 1. The van der Waals surface area contributed by atoms with Crippen molar-refractivity contribution in [2.75, 3.05) is 0 Å². The lowest BCUT2D eigenvalue weighted by Crippen LogP contribution is -2.03. The average Bonchev–Trinajstić information content (AvgIpc) is 2.79. The van der Waals surface area contributed by atoms with Crippen LogP contribution in [0.25, 0.3) is 0 Å². The third-order valence-electron chi connectivity index (χ3n) is 2.12. The molecule has 0 unspecified atom stereocenters. The fourth-order valence-electron chi connectivity index (χ4n) is 1.38. The Morgan fingerprint density at radius 1 is 1.64 bits per heavy atom. The quantitative estimate of drug-likeness (QED) is 0.815. The molecule has 0 atom stereocenters. The number of hydrogen-bond donors (Lipinski definition) is 1. The smallest absolute Gasteiger partial charge is 0.177 e. The summed E-state index contributed by atoms with van der Waals surface area (Å²) in [6, 6.07) is 0. The predicted octanol–water partition coefficient (Wildman–Crippen LogP) is 2.61. The molecule has 0 aliphatic carbocycles. The Morgan fingerprint density at radius 3 is 3.14 bits per heavy atom. The zero-order chi connectivity index (χ0) is 9.97. The van der Waals surface area contributed by atoms with Crippen molar-refractivity contribution in [3.05, 3.63) is 33.2 Å². The van der Waals surface area contributed by atoms with Gasteiger partial charge < -0.3 is 9.55 Å². The zero-order valence-electron chi connectivity index (χ0n) is 7.86. The van der Waals surface area contributed by atoms with Crippen LogP contribution in [0.5, 0.6) is 0 Å². The van der Waals surface area contributed by atoms with E-state index in [1.54, 1.807) is 11.3 Å². The van der Waals surface area contributed by atoms with E-state index < -0.39 is 0 Å². The molecule has 3 nitrogen and oxygen atoms in total. The van der Waals surface area contributed by atoms with Crippen LogP contribution >= 0.6 is 23.6 Å². The Hall–Kier alpha value is -0.940. The van der Waals surface area contributed by atoms with E-state index in [9.17, 15) is 0 Å². The molecule has 0 bridgehead atoms. The van der Waals surface area contributed by atoms with E-state index in [2.05, 4.69) is 21.5 Å². The highest BCUT2D eigenvalue weighted by Gasteiger charge is 2.03. The van der Waals surface area contributed by atoms with Crippen molar-refractivity contribution in [3.63, 3.8) is 0 Å². The van der Waals surface area contributed by atoms with Gasteiger partial charge in [-0.1, -0.05) is 6.92 Å². The van der Waals surface area contributed by atoms with Crippen LogP contribution in [-0.2, 0) is 13.0 Å². The molecule has 0 aliphatic rings. The number of aryl methyl sites for hydroxylation is 1. The van der Waals surface area contributed by atoms with Gasteiger partial charge in [-0.25, -0.2) is 4.98 Å². The Balaban J connectivity index is 2.32. The van der Waals surface area contributed by atoms with Crippen molar-refractivity contribution in [2.24, 2.45) is 0 Å². The van der Waals surface area contributed by atoms with E-state index in [0.29, 0.717) is 0 Å². The summed E-state index contributed by atoms with van der Waals surface area (Å²) >= 11 is 6.81. The van der Waals surface area contributed by atoms with Crippen molar-refractivity contribution < 1.29 is 0 Å². The molecule has 1 N–H and O–H groups in total. The summed E-state index contributed by atoms with van der Waals surface area (Å²) in [5.41, 5.74) is 4.14. The molecule has 0 fully saturated rings. The second-order valence-corrected chi connectivity index (χ2v) is 4.11. The van der Waals surface area contributed by atoms with Crippen molar-refractivity contribution in [3.8, 4) is 0 Å². The molecule has 0 saturated carbocycles. The number of H-pyrrole nitrogens is 1. The van der Waals surface area contributed by atoms with E-state index in [0.717, 1.165) is 23.4 Å². The van der Waals surface area contributed by atoms with Crippen molar-refractivity contribution in [1.82, 2.24) is 14.5 Å². The summed E-state index contributed by atoms with van der Waals surface area (Å²) in [6.07, 6.45) is 2.95. The maximum Gasteiger partial charge on any atom is 0.177 e. The van der Waals surface area contributed by atoms with Crippen LogP contribution in [0.4, 0.5) is 0 Å². The van der Waals surface area contributed by atoms with Gasteiger partial charge in [0.15, 0.2) is 4.77 Å². The van der Waals surface area contributed by atoms with Crippen LogP contribution in [-0.4, -0.2) is 14.5 Å². The molecule has 2 aromatic rings. The largest absolute Gasteiger partial charge is 0.337 e. The van der Waals surface area contributed by atoms with E-state index in [1.807, 2.05) is 17.1 Å². The number of nitrogens with zero attached hydrogens (tertiary/aromatic N) is 2. The Bertz CT molecular complexity index is 453. The van der Waals surface area contributed by atoms with Gasteiger partial charge in [0.2, 0.25) is 0 Å². The highest BCUT2D eigenvalue weighted by molar-refractivity contribution is 7.71. The molecule has 74 valence electrons. The van der Waals surface area contributed by atoms with Gasteiger partial charge in [-0.3, -0.25) is 0 Å². The van der Waals surface area contributed by atoms with Gasteiger partial charge in [0.1, 0.15) is 0 Å². The predicted molar refractivity (Wildman–Crippen MR) is 60.2 cm³/mol. The molecular formula is C9H11N3S2. The second-order valence-electron chi connectivity index (χ2n) is 3.00. The Morgan fingerprint density at radius 2 is 2.50 bits per heavy atom. The molecule has 0 spiro atoms. The lowest BCUT2D eigenvalue weighted by Gasteiger charge is -2.03. The monoisotopic (exact) mass is 225 g/mol. The number of hydrogen-bond acceptors (Lipinski definition) is 3. The van der Waals surface area contributed by atoms with Gasteiger partial charge in [-0.05, 0) is 18.6 Å². The lowest BCUT2D eigenvalue weighted by atomic mass is 10.3. The van der Waals surface area contributed by atoms with E-state index in [4.69, 9.17) is 12.2 Å². The second kappa shape index (κ2) is 4.06. The highest BCUT2D eigenvalue weighted by Crippen LogP contribution is 2.08. The van der Waals surface area contributed by atoms with Crippen LogP contribution < -0.4 is 0 Å². The van der Waals surface area contributed by atoms with Crippen molar-refractivity contribution in [2.45, 2.75) is 19.9 Å². The van der Waals surface area contributed by atoms with E-state index in [-0.39, 0.29) is 0 Å². The van der Waals surface area contributed by atoms with Gasteiger partial charge in [0.05, 0.1) is 17.7 Å². The third-order valence-corrected chi connectivity index (χ3v) is 3.09. The van der Waals surface area contributed by atoms with Gasteiger partial charge in [0, 0.05) is 17.3 Å². The van der Waals surface area contributed by atoms with Gasteiger partial charge in [-0.15, -0.1) is 11.3 Å². The fraction of sp³-hybridized carbons (Fsp3) is 0.333. The normalized spacial score (nSPS) is 10.6. The number of aromatic amines is 1. The molecule has 14 heavy (non-hydrogen) atoms. The summed E-state index contributed by atoms with van der Waals surface area (Å²) in [5.74, 6) is 0. The summed E-state index contributed by atoms with van der Waals surface area (Å²) < 4.78 is 2.86. The highest BCUT2D eigenvalue weighted by atomic mass is 32.1. The SMILES string of the molecule is CCc1c[nH]c(=S)n1Cc1cscn1. The molecule has 0 amide bonds. The molecule has 2 aromatic heterocycles. The maximum absolute atomic E-state index is 5.20. The first-order chi connectivity index (χ1) is 6.81. The van der Waals surface area contributed by atoms with Gasteiger partial charge in [-0.2, -0.15) is 0 Å². The minimum atomic E-state index is 0.773. The van der Waals surface area contributed by atoms with Crippen LogP contribution in [0.2, 0.25) is 0 Å². The topological polar surface area (TPSA) is 33.6 Å². The maximum atomic E-state index is 5.20. The first-order valence-electron chi connectivity index (χ1n) is 4.45. The molecule has 0 aromatic carbocycles. The zero-order valence-corrected chi connectivity index (χ0v) is 9.49. The van der Waals surface area contributed by atoms with Crippen LogP contribution in [0.3, 0.4) is 0 Å². The van der Waals surface area contributed by atoms with E-state index in [1.165, 1.54) is 5.69 Å². The number of rotatable bonds is 3. The van der Waals surface area contributed by atoms with Crippen molar-refractivity contribution in [1.29, 1.82) is 0 Å². The first-order valence-corrected chi connectivity index (χ1v) is 5.80. The summed E-state index contributed by atoms with van der Waals surface area (Å²) in [5, 5.41) is 2.05. The molecule has 0 aliphatic heterocycles. The minimum Gasteiger partial charge on any atom is -0.337 e. The number of nitrogens with one attached hydrogen (secondary N) is 1. The summed E-state index contributed by atoms with van der Waals surface area (Å²) in [4.78, 5) is 7.30. The number of aromatic nitrogens is 3. The molecule has 0 radical (unpaired) electrons. The molecule has 5 heteroatoms. The minimum absolute atomic E-state index is 0.773. The number of thiazole rings is 1. The first kappa shape index (κ1) is 9.61. The van der Waals surface area contributed by atoms with Gasteiger partial charge in [0.25, 0.3) is 0 Å². The van der Waals surface area contributed by atoms with Crippen LogP contribution in [0.1, 0.15) is 18.3 Å². The third kappa shape index (κ3) is 1.78. The van der Waals surface area contributed by atoms with Crippen LogP contribution in [0, 0.1) is 4.77 Å². The van der Waals surface area contributed by atoms with E-state index >= 15 is 0 Å². The molecule has 2 heterocycles. The summed E-state index contributed by atoms with van der Waals surface area (Å²) in [7, 11) is 0. The Labute approximate surface area is 91.4 Å². The van der Waals surface area contributed by atoms with Gasteiger partial charge >= 0.3 is 0 Å². The van der Waals surface area contributed by atoms with Crippen molar-refractivity contribution >= 4 is 23.6 Å². The standard InChI is InChI=1S/C9H11N3S2/c1-2-8-3-10-9(13)12(8)4-7-5-14-6-11-7/h3,5-6H,2,4H2,1H3,(H,10,13). The summed E-state index contributed by atoms with van der Waals surface area (Å²) in [6.45, 7) is 2.89. The Kier molecular flexibility index (Phi) is 2.79. The fourth-order valence-corrected chi connectivity index (χ4v) is 2.17. The average molecular weight is 225 g/mol. The molecule has 0 saturated heterocycles.